The summed E-state index contributed by atoms with van der Waals surface area (Å²) >= 11 is 3.05. The lowest BCUT2D eigenvalue weighted by Gasteiger charge is -2.01. The van der Waals surface area contributed by atoms with Gasteiger partial charge < -0.3 is 5.73 Å². The van der Waals surface area contributed by atoms with Gasteiger partial charge in [-0.25, -0.2) is 13.6 Å². The Balaban J connectivity index is 3.43. The molecule has 1 rings (SSSR count). The average Bonchev–Trinajstić information content (AvgIpc) is 1.92. The van der Waals surface area contributed by atoms with Crippen molar-refractivity contribution in [3.8, 4) is 0 Å². The minimum absolute atomic E-state index is 0.00231. The van der Waals surface area contributed by atoms with Gasteiger partial charge in [-0.1, -0.05) is 0 Å². The number of hydrogen-bond acceptors (Lipinski definition) is 3. The molecule has 4 N–H and O–H groups in total. The normalized spacial score (nSPS) is 11.5. The van der Waals surface area contributed by atoms with Gasteiger partial charge >= 0.3 is 0 Å². The highest BCUT2D eigenvalue weighted by Gasteiger charge is 2.11. The highest BCUT2D eigenvalue weighted by atomic mass is 79.9. The van der Waals surface area contributed by atoms with Crippen LogP contribution >= 0.6 is 15.9 Å². The van der Waals surface area contributed by atoms with Crippen LogP contribution in [0.2, 0.25) is 0 Å². The van der Waals surface area contributed by atoms with Gasteiger partial charge in [0.15, 0.2) is 0 Å². The van der Waals surface area contributed by atoms with Crippen LogP contribution in [0.25, 0.3) is 0 Å². The fraction of sp³-hybridized carbons (Fsp3) is 0. The highest BCUT2D eigenvalue weighted by Crippen LogP contribution is 2.22. The number of nitrogens with two attached hydrogens (primary N) is 2. The second-order valence-corrected chi connectivity index (χ2v) is 4.62. The Labute approximate surface area is 78.7 Å². The predicted molar refractivity (Wildman–Crippen MR) is 49.9 cm³/mol. The summed E-state index contributed by atoms with van der Waals surface area (Å²) < 4.78 is 22.2. The molecule has 0 bridgehead atoms. The van der Waals surface area contributed by atoms with E-state index in [4.69, 9.17) is 10.9 Å². The van der Waals surface area contributed by atoms with Crippen molar-refractivity contribution in [3.05, 3.63) is 22.7 Å². The minimum atomic E-state index is -3.68. The van der Waals surface area contributed by atoms with Gasteiger partial charge in [0.25, 0.3) is 0 Å². The Morgan fingerprint density at radius 3 is 2.33 bits per heavy atom. The molecule has 0 aliphatic rings. The molecular weight excluding hydrogens is 244 g/mol. The van der Waals surface area contributed by atoms with Crippen LogP contribution < -0.4 is 10.9 Å². The largest absolute Gasteiger partial charge is 0.399 e. The Morgan fingerprint density at radius 2 is 1.92 bits per heavy atom. The van der Waals surface area contributed by atoms with Crippen LogP contribution in [0.5, 0.6) is 0 Å². The van der Waals surface area contributed by atoms with Crippen LogP contribution in [0.15, 0.2) is 27.6 Å². The van der Waals surface area contributed by atoms with Crippen molar-refractivity contribution in [2.45, 2.75) is 4.90 Å². The fourth-order valence-corrected chi connectivity index (χ4v) is 2.30. The minimum Gasteiger partial charge on any atom is -0.399 e. The smallest absolute Gasteiger partial charge is 0.239 e. The lowest BCUT2D eigenvalue weighted by Crippen LogP contribution is -2.13. The lowest BCUT2D eigenvalue weighted by molar-refractivity contribution is 0.597. The van der Waals surface area contributed by atoms with Crippen LogP contribution in [-0.2, 0) is 10.0 Å². The Morgan fingerprint density at radius 1 is 1.33 bits per heavy atom. The standard InChI is InChI=1S/C6H7BrN2O2S/c7-5-2-1-4(8)3-6(5)12(9,10)11/h1-3H,8H2,(H2,9,10,11). The molecule has 12 heavy (non-hydrogen) atoms. The zero-order chi connectivity index (χ0) is 9.35. The number of sulfonamides is 1. The molecule has 0 fully saturated rings. The third kappa shape index (κ3) is 1.96. The van der Waals surface area contributed by atoms with Gasteiger partial charge in [-0.15, -0.1) is 0 Å². The van der Waals surface area contributed by atoms with Gasteiger partial charge in [0.1, 0.15) is 0 Å². The lowest BCUT2D eigenvalue weighted by atomic mass is 10.3. The fourth-order valence-electron chi connectivity index (χ4n) is 0.738. The van der Waals surface area contributed by atoms with E-state index in [0.29, 0.717) is 10.2 Å². The predicted octanol–water partition coefficient (Wildman–Crippen LogP) is 0.679. The summed E-state index contributed by atoms with van der Waals surface area (Å²) in [6, 6.07) is 4.42. The molecule has 1 aromatic carbocycles. The van der Waals surface area contributed by atoms with Crippen molar-refractivity contribution in [2.75, 3.05) is 5.73 Å². The second-order valence-electron chi connectivity index (χ2n) is 2.23. The molecule has 0 aliphatic heterocycles. The Kier molecular flexibility index (Phi) is 2.41. The van der Waals surface area contributed by atoms with Crippen molar-refractivity contribution in [1.29, 1.82) is 0 Å². The maximum absolute atomic E-state index is 10.9. The Bertz CT molecular complexity index is 402. The average molecular weight is 251 g/mol. The number of anilines is 1. The molecule has 0 aromatic heterocycles. The van der Waals surface area contributed by atoms with Gasteiger partial charge in [-0.2, -0.15) is 0 Å². The molecule has 0 unspecified atom stereocenters. The molecule has 0 saturated heterocycles. The van der Waals surface area contributed by atoms with Crippen LogP contribution in [0.4, 0.5) is 5.69 Å². The second kappa shape index (κ2) is 3.04. The van der Waals surface area contributed by atoms with E-state index in [-0.39, 0.29) is 4.90 Å². The number of halogens is 1. The van der Waals surface area contributed by atoms with Gasteiger partial charge in [-0.3, -0.25) is 0 Å². The molecule has 0 atom stereocenters. The van der Waals surface area contributed by atoms with E-state index in [2.05, 4.69) is 15.9 Å². The molecule has 0 aliphatic carbocycles. The molecular formula is C6H7BrN2O2S. The Hall–Kier alpha value is -0.590. The summed E-state index contributed by atoms with van der Waals surface area (Å²) in [7, 11) is -3.68. The molecule has 0 amide bonds. The number of rotatable bonds is 1. The van der Waals surface area contributed by atoms with Crippen molar-refractivity contribution < 1.29 is 8.42 Å². The zero-order valence-corrected chi connectivity index (χ0v) is 8.39. The van der Waals surface area contributed by atoms with Gasteiger partial charge in [0.05, 0.1) is 4.90 Å². The monoisotopic (exact) mass is 250 g/mol. The maximum Gasteiger partial charge on any atom is 0.239 e. The summed E-state index contributed by atoms with van der Waals surface area (Å²) in [6.07, 6.45) is 0. The van der Waals surface area contributed by atoms with Crippen molar-refractivity contribution in [3.63, 3.8) is 0 Å². The molecule has 1 aromatic rings. The topological polar surface area (TPSA) is 86.2 Å². The highest BCUT2D eigenvalue weighted by molar-refractivity contribution is 9.10. The van der Waals surface area contributed by atoms with Gasteiger partial charge in [-0.05, 0) is 34.1 Å². The molecule has 0 saturated carbocycles. The molecule has 0 spiro atoms. The van der Waals surface area contributed by atoms with E-state index in [0.717, 1.165) is 0 Å². The van der Waals surface area contributed by atoms with E-state index in [1.165, 1.54) is 12.1 Å². The van der Waals surface area contributed by atoms with Crippen LogP contribution in [0, 0.1) is 0 Å². The quantitative estimate of drug-likeness (QED) is 0.719. The van der Waals surface area contributed by atoms with Crippen molar-refractivity contribution >= 4 is 31.6 Å². The summed E-state index contributed by atoms with van der Waals surface area (Å²) in [4.78, 5) is 0.00231. The third-order valence-corrected chi connectivity index (χ3v) is 3.17. The first kappa shape index (κ1) is 9.50. The number of hydrogen-bond donors (Lipinski definition) is 2. The van der Waals surface area contributed by atoms with E-state index in [1.807, 2.05) is 0 Å². The third-order valence-electron chi connectivity index (χ3n) is 1.26. The van der Waals surface area contributed by atoms with E-state index in [1.54, 1.807) is 6.07 Å². The van der Waals surface area contributed by atoms with Crippen molar-refractivity contribution in [2.24, 2.45) is 5.14 Å². The van der Waals surface area contributed by atoms with Crippen molar-refractivity contribution in [1.82, 2.24) is 0 Å². The SMILES string of the molecule is Nc1ccc(Br)c(S(N)(=O)=O)c1. The number of benzene rings is 1. The first-order chi connectivity index (χ1) is 5.41. The summed E-state index contributed by atoms with van der Waals surface area (Å²) in [5.74, 6) is 0. The molecule has 4 nitrogen and oxygen atoms in total. The summed E-state index contributed by atoms with van der Waals surface area (Å²) in [6.45, 7) is 0. The van der Waals surface area contributed by atoms with Crippen LogP contribution in [0.1, 0.15) is 0 Å². The van der Waals surface area contributed by atoms with Gasteiger partial charge in [0.2, 0.25) is 10.0 Å². The maximum atomic E-state index is 10.9. The first-order valence-electron chi connectivity index (χ1n) is 2.99. The first-order valence-corrected chi connectivity index (χ1v) is 5.33. The molecule has 6 heteroatoms. The van der Waals surface area contributed by atoms with E-state index >= 15 is 0 Å². The molecule has 0 heterocycles. The van der Waals surface area contributed by atoms with E-state index < -0.39 is 10.0 Å². The zero-order valence-electron chi connectivity index (χ0n) is 5.99. The summed E-state index contributed by atoms with van der Waals surface area (Å²) in [5, 5.41) is 4.91. The molecule has 0 radical (unpaired) electrons. The number of primary sulfonamides is 1. The van der Waals surface area contributed by atoms with Gasteiger partial charge in [0, 0.05) is 10.2 Å². The van der Waals surface area contributed by atoms with E-state index in [9.17, 15) is 8.42 Å². The summed E-state index contributed by atoms with van der Waals surface area (Å²) in [5.41, 5.74) is 5.75. The molecule has 66 valence electrons. The van der Waals surface area contributed by atoms with Crippen LogP contribution in [-0.4, -0.2) is 8.42 Å². The van der Waals surface area contributed by atoms with Crippen LogP contribution in [0.3, 0.4) is 0 Å². The number of nitrogen functional groups attached to an aromatic ring is 1.